The SMILES string of the molecule is CC(C)NC(=O)N(CCN1CCOCC1)CC(=O)N1N=C(c2ccccc2Cl)CC1c1ccccc1F. The van der Waals surface area contributed by atoms with Gasteiger partial charge in [-0.2, -0.15) is 5.10 Å². The molecule has 2 aliphatic rings. The first kappa shape index (κ1) is 27.0. The number of halogens is 2. The van der Waals surface area contributed by atoms with Crippen molar-refractivity contribution in [3.8, 4) is 0 Å². The van der Waals surface area contributed by atoms with Crippen LogP contribution in [-0.2, 0) is 9.53 Å². The van der Waals surface area contributed by atoms with Gasteiger partial charge in [-0.05, 0) is 26.0 Å². The Morgan fingerprint density at radius 1 is 1.16 bits per heavy atom. The highest BCUT2D eigenvalue weighted by atomic mass is 35.5. The minimum Gasteiger partial charge on any atom is -0.379 e. The number of amides is 3. The van der Waals surface area contributed by atoms with Crippen molar-refractivity contribution in [2.24, 2.45) is 5.10 Å². The Morgan fingerprint density at radius 2 is 1.86 bits per heavy atom. The molecular weight excluding hydrogens is 497 g/mol. The Morgan fingerprint density at radius 3 is 2.57 bits per heavy atom. The normalized spacial score (nSPS) is 18.1. The van der Waals surface area contributed by atoms with Crippen molar-refractivity contribution in [1.29, 1.82) is 0 Å². The van der Waals surface area contributed by atoms with Gasteiger partial charge in [0.2, 0.25) is 0 Å². The quantitative estimate of drug-likeness (QED) is 0.562. The molecule has 1 unspecified atom stereocenters. The van der Waals surface area contributed by atoms with Gasteiger partial charge in [0.25, 0.3) is 5.91 Å². The number of hydrogen-bond acceptors (Lipinski definition) is 5. The summed E-state index contributed by atoms with van der Waals surface area (Å²) in [6.07, 6.45) is 0.308. The second kappa shape index (κ2) is 12.5. The van der Waals surface area contributed by atoms with Crippen molar-refractivity contribution in [2.45, 2.75) is 32.4 Å². The molecule has 8 nitrogen and oxygen atoms in total. The molecule has 0 saturated carbocycles. The molecule has 2 heterocycles. The van der Waals surface area contributed by atoms with Crippen molar-refractivity contribution in [3.05, 3.63) is 70.5 Å². The van der Waals surface area contributed by atoms with Crippen molar-refractivity contribution in [3.63, 3.8) is 0 Å². The number of urea groups is 1. The molecule has 2 aromatic rings. The molecule has 4 rings (SSSR count). The summed E-state index contributed by atoms with van der Waals surface area (Å²) in [5, 5.41) is 9.30. The van der Waals surface area contributed by atoms with Gasteiger partial charge in [-0.25, -0.2) is 14.2 Å². The van der Waals surface area contributed by atoms with Crippen LogP contribution in [0.2, 0.25) is 5.02 Å². The fraction of sp³-hybridized carbons (Fsp3) is 0.444. The first-order valence-corrected chi connectivity index (χ1v) is 13.0. The minimum atomic E-state index is -0.644. The Balaban J connectivity index is 1.58. The summed E-state index contributed by atoms with van der Waals surface area (Å²) in [5.41, 5.74) is 1.66. The number of benzene rings is 2. The number of rotatable bonds is 8. The highest BCUT2D eigenvalue weighted by Crippen LogP contribution is 2.35. The molecule has 10 heteroatoms. The molecule has 1 atom stereocenters. The second-order valence-electron chi connectivity index (χ2n) is 9.49. The molecule has 0 aromatic heterocycles. The molecule has 0 aliphatic carbocycles. The maximum Gasteiger partial charge on any atom is 0.318 e. The second-order valence-corrected chi connectivity index (χ2v) is 9.89. The molecular formula is C27H33ClFN5O3. The van der Waals surface area contributed by atoms with E-state index in [1.165, 1.54) is 16.0 Å². The third kappa shape index (κ3) is 6.85. The molecule has 3 amide bonds. The van der Waals surface area contributed by atoms with Crippen LogP contribution in [0.5, 0.6) is 0 Å². The van der Waals surface area contributed by atoms with Gasteiger partial charge in [0.1, 0.15) is 12.4 Å². The average Bonchev–Trinajstić information content (AvgIpc) is 3.32. The highest BCUT2D eigenvalue weighted by molar-refractivity contribution is 6.34. The molecule has 0 spiro atoms. The van der Waals surface area contributed by atoms with Gasteiger partial charge >= 0.3 is 6.03 Å². The average molecular weight is 530 g/mol. The summed E-state index contributed by atoms with van der Waals surface area (Å²) in [6.45, 7) is 7.39. The van der Waals surface area contributed by atoms with Crippen LogP contribution in [0.1, 0.15) is 37.4 Å². The number of nitrogens with one attached hydrogen (secondary N) is 1. The van der Waals surface area contributed by atoms with Crippen molar-refractivity contribution in [1.82, 2.24) is 20.1 Å². The number of carbonyl (C=O) groups is 2. The van der Waals surface area contributed by atoms with Crippen LogP contribution < -0.4 is 5.32 Å². The van der Waals surface area contributed by atoms with E-state index in [-0.39, 0.29) is 18.6 Å². The zero-order valence-electron chi connectivity index (χ0n) is 21.2. The number of morpholine rings is 1. The summed E-state index contributed by atoms with van der Waals surface area (Å²) in [7, 11) is 0. The van der Waals surface area contributed by atoms with E-state index in [0.717, 1.165) is 13.1 Å². The molecule has 1 saturated heterocycles. The van der Waals surface area contributed by atoms with Crippen LogP contribution in [0.4, 0.5) is 9.18 Å². The molecule has 2 aliphatic heterocycles. The summed E-state index contributed by atoms with van der Waals surface area (Å²) < 4.78 is 20.2. The van der Waals surface area contributed by atoms with Crippen molar-refractivity contribution >= 4 is 29.3 Å². The fourth-order valence-corrected chi connectivity index (χ4v) is 4.74. The zero-order valence-corrected chi connectivity index (χ0v) is 22.0. The summed E-state index contributed by atoms with van der Waals surface area (Å²) in [4.78, 5) is 30.4. The van der Waals surface area contributed by atoms with Crippen molar-refractivity contribution < 1.29 is 18.7 Å². The third-order valence-electron chi connectivity index (χ3n) is 6.43. The number of carbonyl (C=O) groups excluding carboxylic acids is 2. The summed E-state index contributed by atoms with van der Waals surface area (Å²) >= 11 is 6.41. The molecule has 37 heavy (non-hydrogen) atoms. The van der Waals surface area contributed by atoms with Gasteiger partial charge in [-0.3, -0.25) is 9.69 Å². The molecule has 198 valence electrons. The van der Waals surface area contributed by atoms with Gasteiger partial charge < -0.3 is 15.0 Å². The van der Waals surface area contributed by atoms with Gasteiger partial charge in [0.05, 0.1) is 25.0 Å². The smallest absolute Gasteiger partial charge is 0.318 e. The topological polar surface area (TPSA) is 77.5 Å². The fourth-order valence-electron chi connectivity index (χ4n) is 4.50. The van der Waals surface area contributed by atoms with E-state index in [1.807, 2.05) is 32.0 Å². The first-order valence-electron chi connectivity index (χ1n) is 12.6. The van der Waals surface area contributed by atoms with Crippen LogP contribution >= 0.6 is 11.6 Å². The van der Waals surface area contributed by atoms with E-state index in [2.05, 4.69) is 15.3 Å². The molecule has 1 N–H and O–H groups in total. The molecule has 1 fully saturated rings. The predicted molar refractivity (Wildman–Crippen MR) is 141 cm³/mol. The van der Waals surface area contributed by atoms with Gasteiger partial charge in [0.15, 0.2) is 0 Å². The summed E-state index contributed by atoms with van der Waals surface area (Å²) in [6, 6.07) is 12.6. The van der Waals surface area contributed by atoms with Crippen LogP contribution in [0, 0.1) is 5.82 Å². The predicted octanol–water partition coefficient (Wildman–Crippen LogP) is 3.91. The van der Waals surface area contributed by atoms with Gasteiger partial charge in [0, 0.05) is 54.8 Å². The maximum atomic E-state index is 14.8. The van der Waals surface area contributed by atoms with Crippen LogP contribution in [0.25, 0.3) is 0 Å². The van der Waals surface area contributed by atoms with E-state index in [9.17, 15) is 14.0 Å². The maximum absolute atomic E-state index is 14.8. The largest absolute Gasteiger partial charge is 0.379 e. The lowest BCUT2D eigenvalue weighted by Crippen LogP contribution is -2.50. The zero-order chi connectivity index (χ0) is 26.4. The van der Waals surface area contributed by atoms with Gasteiger partial charge in [-0.15, -0.1) is 0 Å². The summed E-state index contributed by atoms with van der Waals surface area (Å²) in [5.74, 6) is -0.807. The Labute approximate surface area is 222 Å². The number of hydrogen-bond donors (Lipinski definition) is 1. The van der Waals surface area contributed by atoms with E-state index >= 15 is 0 Å². The Hall–Kier alpha value is -3.01. The lowest BCUT2D eigenvalue weighted by atomic mass is 9.98. The number of nitrogens with zero attached hydrogens (tertiary/aromatic N) is 4. The first-order chi connectivity index (χ1) is 17.8. The van der Waals surface area contributed by atoms with E-state index in [1.54, 1.807) is 24.3 Å². The molecule has 2 aromatic carbocycles. The monoisotopic (exact) mass is 529 g/mol. The third-order valence-corrected chi connectivity index (χ3v) is 6.76. The Bertz CT molecular complexity index is 1140. The molecule has 0 bridgehead atoms. The van der Waals surface area contributed by atoms with Crippen LogP contribution in [0.15, 0.2) is 53.6 Å². The minimum absolute atomic E-state index is 0.0868. The molecule has 0 radical (unpaired) electrons. The van der Waals surface area contributed by atoms with Crippen LogP contribution in [-0.4, -0.2) is 84.4 Å². The van der Waals surface area contributed by atoms with E-state index in [0.29, 0.717) is 54.6 Å². The number of hydrazone groups is 1. The highest BCUT2D eigenvalue weighted by Gasteiger charge is 2.36. The number of ether oxygens (including phenoxy) is 1. The van der Waals surface area contributed by atoms with E-state index < -0.39 is 17.8 Å². The Kier molecular flexibility index (Phi) is 9.13. The van der Waals surface area contributed by atoms with Crippen molar-refractivity contribution in [2.75, 3.05) is 45.9 Å². The lowest BCUT2D eigenvalue weighted by Gasteiger charge is -2.31. The van der Waals surface area contributed by atoms with E-state index in [4.69, 9.17) is 16.3 Å². The van der Waals surface area contributed by atoms with Crippen LogP contribution in [0.3, 0.4) is 0 Å². The standard InChI is InChI=1S/C27H33ClFN5O3/c1-19(2)30-27(36)33(12-11-32-13-15-37-16-14-32)18-26(35)34-25(21-8-4-6-10-23(21)29)17-24(31-34)20-7-3-5-9-22(20)28/h3-10,19,25H,11-18H2,1-2H3,(H,30,36). The lowest BCUT2D eigenvalue weighted by molar-refractivity contribution is -0.133. The van der Waals surface area contributed by atoms with Gasteiger partial charge in [-0.1, -0.05) is 48.0 Å².